The zero-order chi connectivity index (χ0) is 21.3. The predicted octanol–water partition coefficient (Wildman–Crippen LogP) is 4.19. The van der Waals surface area contributed by atoms with Gasteiger partial charge in [0.25, 0.3) is 11.8 Å². The summed E-state index contributed by atoms with van der Waals surface area (Å²) in [5, 5.41) is 3.03. The van der Waals surface area contributed by atoms with Gasteiger partial charge in [0.15, 0.2) is 15.8 Å². The van der Waals surface area contributed by atoms with Crippen LogP contribution in [-0.2, 0) is 17.6 Å². The highest BCUT2D eigenvalue weighted by Crippen LogP contribution is 2.35. The first-order valence-corrected chi connectivity index (χ1v) is 11.5. The number of ether oxygens (including phenoxy) is 2. The lowest BCUT2D eigenvalue weighted by molar-refractivity contribution is -0.123. The number of methoxy groups -OCH3 is 2. The van der Waals surface area contributed by atoms with Crippen LogP contribution in [0.4, 0.5) is 0 Å². The number of hydrogen-bond donors (Lipinski definition) is 1. The van der Waals surface area contributed by atoms with Gasteiger partial charge in [0.05, 0.1) is 24.7 Å². The molecule has 0 unspecified atom stereocenters. The van der Waals surface area contributed by atoms with E-state index in [1.165, 1.54) is 4.88 Å². The van der Waals surface area contributed by atoms with Crippen molar-refractivity contribution < 1.29 is 19.1 Å². The van der Waals surface area contributed by atoms with E-state index >= 15 is 0 Å². The number of hydrazine groups is 1. The van der Waals surface area contributed by atoms with Gasteiger partial charge < -0.3 is 9.47 Å². The van der Waals surface area contributed by atoms with E-state index in [9.17, 15) is 9.59 Å². The van der Waals surface area contributed by atoms with Crippen LogP contribution in [0.25, 0.3) is 6.08 Å². The van der Waals surface area contributed by atoms with Crippen LogP contribution in [0.3, 0.4) is 0 Å². The number of carbonyl (C=O) groups excluding carboxylic acids is 2. The fraction of sp³-hybridized carbons (Fsp3) is 0.286. The lowest BCUT2D eigenvalue weighted by Crippen LogP contribution is -2.45. The molecule has 0 radical (unpaired) electrons. The van der Waals surface area contributed by atoms with Crippen molar-refractivity contribution >= 4 is 57.5 Å². The molecule has 0 saturated carbocycles. The average molecular weight is 461 g/mol. The van der Waals surface area contributed by atoms with E-state index in [1.54, 1.807) is 43.8 Å². The number of rotatable bonds is 5. The van der Waals surface area contributed by atoms with Crippen LogP contribution >= 0.6 is 35.3 Å². The number of thiophene rings is 1. The minimum absolute atomic E-state index is 0.293. The Morgan fingerprint density at radius 1 is 1.20 bits per heavy atom. The topological polar surface area (TPSA) is 67.9 Å². The Balaban J connectivity index is 1.52. The number of nitrogens with one attached hydrogen (secondary N) is 1. The van der Waals surface area contributed by atoms with Gasteiger partial charge >= 0.3 is 0 Å². The predicted molar refractivity (Wildman–Crippen MR) is 123 cm³/mol. The van der Waals surface area contributed by atoms with Gasteiger partial charge in [-0.2, -0.15) is 5.01 Å². The SMILES string of the molecule is COc1ccc(C=C2SC(=S)N(NC(=O)c3csc4c3CCCC4)C2=O)cc1OC. The first-order chi connectivity index (χ1) is 14.5. The van der Waals surface area contributed by atoms with E-state index in [4.69, 9.17) is 21.7 Å². The van der Waals surface area contributed by atoms with Crippen LogP contribution in [0.5, 0.6) is 11.5 Å². The molecule has 6 nitrogen and oxygen atoms in total. The van der Waals surface area contributed by atoms with Gasteiger partial charge in [0.1, 0.15) is 0 Å². The van der Waals surface area contributed by atoms with Crippen LogP contribution in [0, 0.1) is 0 Å². The first kappa shape index (κ1) is 20.9. The fourth-order valence-corrected chi connectivity index (χ4v) is 5.81. The van der Waals surface area contributed by atoms with Gasteiger partial charge in [0.2, 0.25) is 0 Å². The highest BCUT2D eigenvalue weighted by Gasteiger charge is 2.34. The minimum atomic E-state index is -0.350. The number of fused-ring (bicyclic) bond motifs is 1. The van der Waals surface area contributed by atoms with Crippen molar-refractivity contribution in [3.8, 4) is 11.5 Å². The molecule has 156 valence electrons. The zero-order valence-corrected chi connectivity index (χ0v) is 19.0. The van der Waals surface area contributed by atoms with E-state index in [2.05, 4.69) is 5.43 Å². The number of nitrogens with zero attached hydrogens (tertiary/aromatic N) is 1. The molecule has 2 aliphatic rings. The van der Waals surface area contributed by atoms with Crippen LogP contribution in [0.2, 0.25) is 0 Å². The molecule has 1 aromatic heterocycles. The second kappa shape index (κ2) is 8.79. The summed E-state index contributed by atoms with van der Waals surface area (Å²) in [6.45, 7) is 0. The van der Waals surface area contributed by atoms with Crippen molar-refractivity contribution in [1.29, 1.82) is 0 Å². The maximum absolute atomic E-state index is 12.9. The number of aryl methyl sites for hydroxylation is 1. The maximum atomic E-state index is 12.9. The number of amides is 2. The molecular formula is C21H20N2O4S3. The summed E-state index contributed by atoms with van der Waals surface area (Å²) >= 11 is 8.10. The third-order valence-corrected chi connectivity index (χ3v) is 7.41. The summed E-state index contributed by atoms with van der Waals surface area (Å²) in [6, 6.07) is 5.37. The molecule has 1 aliphatic heterocycles. The third-order valence-electron chi connectivity index (χ3n) is 5.02. The summed E-state index contributed by atoms with van der Waals surface area (Å²) in [6.07, 6.45) is 5.88. The van der Waals surface area contributed by atoms with Crippen LogP contribution in [0.1, 0.15) is 39.2 Å². The van der Waals surface area contributed by atoms with E-state index < -0.39 is 0 Å². The van der Waals surface area contributed by atoms with Crippen molar-refractivity contribution in [3.05, 3.63) is 50.1 Å². The van der Waals surface area contributed by atoms with Crippen molar-refractivity contribution in [2.24, 2.45) is 0 Å². The van der Waals surface area contributed by atoms with Gasteiger partial charge in [0, 0.05) is 10.3 Å². The van der Waals surface area contributed by atoms with Crippen molar-refractivity contribution in [3.63, 3.8) is 0 Å². The molecule has 2 amide bonds. The van der Waals surface area contributed by atoms with E-state index in [0.717, 1.165) is 53.6 Å². The summed E-state index contributed by atoms with van der Waals surface area (Å²) < 4.78 is 10.8. The molecule has 1 fully saturated rings. The number of benzene rings is 1. The highest BCUT2D eigenvalue weighted by atomic mass is 32.2. The molecule has 1 N–H and O–H groups in total. The molecule has 4 rings (SSSR count). The minimum Gasteiger partial charge on any atom is -0.493 e. The average Bonchev–Trinajstić information content (AvgIpc) is 3.30. The Kier molecular flexibility index (Phi) is 6.12. The molecular weight excluding hydrogens is 440 g/mol. The Hall–Kier alpha value is -2.36. The summed E-state index contributed by atoms with van der Waals surface area (Å²) in [4.78, 5) is 27.4. The Morgan fingerprint density at radius 3 is 2.73 bits per heavy atom. The molecule has 1 saturated heterocycles. The van der Waals surface area contributed by atoms with Crippen molar-refractivity contribution in [2.75, 3.05) is 14.2 Å². The highest BCUT2D eigenvalue weighted by molar-refractivity contribution is 8.26. The summed E-state index contributed by atoms with van der Waals surface area (Å²) in [5.74, 6) is 0.529. The summed E-state index contributed by atoms with van der Waals surface area (Å²) in [7, 11) is 3.12. The number of hydrogen-bond acceptors (Lipinski definition) is 7. The van der Waals surface area contributed by atoms with Crippen LogP contribution in [0.15, 0.2) is 28.5 Å². The van der Waals surface area contributed by atoms with Gasteiger partial charge in [-0.25, -0.2) is 0 Å². The molecule has 2 heterocycles. The smallest absolute Gasteiger partial charge is 0.285 e. The Morgan fingerprint density at radius 2 is 1.97 bits per heavy atom. The fourth-order valence-electron chi connectivity index (χ4n) is 3.50. The second-order valence-corrected chi connectivity index (χ2v) is 9.47. The Bertz CT molecular complexity index is 1060. The molecule has 1 aromatic carbocycles. The largest absolute Gasteiger partial charge is 0.493 e. The lowest BCUT2D eigenvalue weighted by Gasteiger charge is -2.17. The normalized spacial score (nSPS) is 17.3. The standard InChI is InChI=1S/C21H20N2O4S3/c1-26-15-8-7-12(9-16(15)27-2)10-18-20(25)23(21(28)30-18)22-19(24)14-11-29-17-6-4-3-5-13(14)17/h7-11H,3-6H2,1-2H3,(H,22,24). The summed E-state index contributed by atoms with van der Waals surface area (Å²) in [5.41, 5.74) is 5.21. The molecule has 0 bridgehead atoms. The molecule has 30 heavy (non-hydrogen) atoms. The van der Waals surface area contributed by atoms with E-state index in [0.29, 0.717) is 26.3 Å². The Labute approximate surface area is 188 Å². The van der Waals surface area contributed by atoms with Crippen molar-refractivity contribution in [2.45, 2.75) is 25.7 Å². The van der Waals surface area contributed by atoms with Gasteiger partial charge in [-0.3, -0.25) is 15.0 Å². The molecule has 0 spiro atoms. The number of thioether (sulfide) groups is 1. The van der Waals surface area contributed by atoms with Gasteiger partial charge in [-0.05, 0) is 67.2 Å². The second-order valence-electron chi connectivity index (χ2n) is 6.83. The molecule has 1 aliphatic carbocycles. The van der Waals surface area contributed by atoms with E-state index in [1.807, 2.05) is 11.4 Å². The van der Waals surface area contributed by atoms with Gasteiger partial charge in [-0.1, -0.05) is 17.8 Å². The van der Waals surface area contributed by atoms with Crippen LogP contribution < -0.4 is 14.9 Å². The van der Waals surface area contributed by atoms with Crippen molar-refractivity contribution in [1.82, 2.24) is 10.4 Å². The maximum Gasteiger partial charge on any atom is 0.285 e. The lowest BCUT2D eigenvalue weighted by atomic mass is 9.96. The molecule has 9 heteroatoms. The third kappa shape index (κ3) is 3.97. The van der Waals surface area contributed by atoms with E-state index in [-0.39, 0.29) is 11.8 Å². The number of carbonyl (C=O) groups is 2. The van der Waals surface area contributed by atoms with Crippen LogP contribution in [-0.4, -0.2) is 35.4 Å². The monoisotopic (exact) mass is 460 g/mol. The number of thiocarbonyl (C=S) groups is 1. The quantitative estimate of drug-likeness (QED) is 0.533. The first-order valence-electron chi connectivity index (χ1n) is 9.42. The zero-order valence-electron chi connectivity index (χ0n) is 16.5. The molecule has 2 aromatic rings. The molecule has 0 atom stereocenters. The van der Waals surface area contributed by atoms with Gasteiger partial charge in [-0.15, -0.1) is 11.3 Å².